The van der Waals surface area contributed by atoms with Crippen molar-refractivity contribution in [1.82, 2.24) is 29.0 Å². The fourth-order valence-corrected chi connectivity index (χ4v) is 3.70. The van der Waals surface area contributed by atoms with Gasteiger partial charge in [0.05, 0.1) is 16.7 Å². The molecule has 0 fully saturated rings. The molecule has 8 heteroatoms. The lowest BCUT2D eigenvalue weighted by molar-refractivity contribution is 0.937. The summed E-state index contributed by atoms with van der Waals surface area (Å²) in [6.07, 6.45) is 1.72. The predicted octanol–water partition coefficient (Wildman–Crippen LogP) is 2.51. The second-order valence-corrected chi connectivity index (χ2v) is 6.51. The topological polar surface area (TPSA) is 80.3 Å². The Morgan fingerprint density at radius 1 is 1.08 bits per heavy atom. The predicted molar refractivity (Wildman–Crippen MR) is 95.9 cm³/mol. The molecule has 0 aliphatic rings. The van der Waals surface area contributed by atoms with E-state index in [0.29, 0.717) is 17.2 Å². The molecule has 0 aliphatic heterocycles. The van der Waals surface area contributed by atoms with Crippen LogP contribution < -0.4 is 5.56 Å². The lowest BCUT2D eigenvalue weighted by Gasteiger charge is -2.03. The summed E-state index contributed by atoms with van der Waals surface area (Å²) in [5.41, 5.74) is 3.20. The third kappa shape index (κ3) is 2.30. The molecular weight excluding hydrogens is 336 g/mol. The number of imidazole rings is 1. The van der Waals surface area contributed by atoms with E-state index in [1.165, 1.54) is 16.2 Å². The molecule has 5 rings (SSSR count). The highest BCUT2D eigenvalue weighted by Gasteiger charge is 2.12. The maximum Gasteiger partial charge on any atom is 0.258 e. The van der Waals surface area contributed by atoms with Gasteiger partial charge in [-0.2, -0.15) is 0 Å². The van der Waals surface area contributed by atoms with Crippen LogP contribution in [0.15, 0.2) is 64.7 Å². The summed E-state index contributed by atoms with van der Waals surface area (Å²) >= 11 is 1.52. The lowest BCUT2D eigenvalue weighted by Crippen LogP contribution is -2.14. The van der Waals surface area contributed by atoms with Crippen molar-refractivity contribution in [2.45, 2.75) is 10.9 Å². The number of nitrogens with zero attached hydrogens (tertiary/aromatic N) is 5. The summed E-state index contributed by atoms with van der Waals surface area (Å²) < 4.78 is 3.51. The molecule has 0 radical (unpaired) electrons. The van der Waals surface area contributed by atoms with Gasteiger partial charge in [-0.1, -0.05) is 30.0 Å². The number of pyridine rings is 1. The molecule has 0 spiro atoms. The number of hydrogen-bond acceptors (Lipinski definition) is 5. The van der Waals surface area contributed by atoms with Gasteiger partial charge in [0, 0.05) is 18.0 Å². The van der Waals surface area contributed by atoms with Gasteiger partial charge in [-0.25, -0.2) is 15.1 Å². The molecule has 0 atom stereocenters. The van der Waals surface area contributed by atoms with Gasteiger partial charge in [0.15, 0.2) is 5.16 Å². The molecule has 4 heterocycles. The quantitative estimate of drug-likeness (QED) is 0.507. The van der Waals surface area contributed by atoms with Crippen LogP contribution in [0.1, 0.15) is 5.69 Å². The smallest absolute Gasteiger partial charge is 0.258 e. The van der Waals surface area contributed by atoms with Gasteiger partial charge in [-0.3, -0.25) is 13.6 Å². The molecule has 4 aromatic heterocycles. The third-order valence-corrected chi connectivity index (χ3v) is 4.95. The highest BCUT2D eigenvalue weighted by molar-refractivity contribution is 7.98. The van der Waals surface area contributed by atoms with E-state index in [0.717, 1.165) is 21.9 Å². The van der Waals surface area contributed by atoms with E-state index in [1.54, 1.807) is 12.3 Å². The number of H-pyrrole nitrogens is 1. The van der Waals surface area contributed by atoms with Crippen LogP contribution in [0.4, 0.5) is 0 Å². The Kier molecular flexibility index (Phi) is 3.10. The highest BCUT2D eigenvalue weighted by atomic mass is 32.2. The lowest BCUT2D eigenvalue weighted by atomic mass is 10.3. The fourth-order valence-electron chi connectivity index (χ4n) is 2.85. The van der Waals surface area contributed by atoms with Crippen molar-refractivity contribution in [2.24, 2.45) is 0 Å². The van der Waals surface area contributed by atoms with Crippen molar-refractivity contribution >= 4 is 34.2 Å². The number of aromatic amines is 1. The van der Waals surface area contributed by atoms with Gasteiger partial charge in [0.1, 0.15) is 5.65 Å². The Morgan fingerprint density at radius 3 is 2.92 bits per heavy atom. The molecule has 25 heavy (non-hydrogen) atoms. The Hall–Kier alpha value is -3.13. The first-order valence-corrected chi connectivity index (χ1v) is 8.70. The van der Waals surface area contributed by atoms with E-state index < -0.39 is 0 Å². The van der Waals surface area contributed by atoms with Crippen LogP contribution >= 0.6 is 11.8 Å². The van der Waals surface area contributed by atoms with Crippen molar-refractivity contribution in [1.29, 1.82) is 0 Å². The number of fused-ring (bicyclic) bond motifs is 4. The number of nitrogens with one attached hydrogen (secondary N) is 1. The zero-order valence-electron chi connectivity index (χ0n) is 13.0. The molecule has 7 nitrogen and oxygen atoms in total. The van der Waals surface area contributed by atoms with Crippen molar-refractivity contribution in [3.8, 4) is 0 Å². The van der Waals surface area contributed by atoms with E-state index in [4.69, 9.17) is 0 Å². The van der Waals surface area contributed by atoms with Crippen LogP contribution in [-0.4, -0.2) is 29.0 Å². The minimum absolute atomic E-state index is 0.0820. The molecule has 5 aromatic rings. The minimum Gasteiger partial charge on any atom is -0.269 e. The van der Waals surface area contributed by atoms with Crippen LogP contribution in [0.3, 0.4) is 0 Å². The Labute approximate surface area is 145 Å². The average Bonchev–Trinajstić information content (AvgIpc) is 3.19. The zero-order chi connectivity index (χ0) is 16.8. The fraction of sp³-hybridized carbons (Fsp3) is 0.0588. The van der Waals surface area contributed by atoms with Crippen LogP contribution in [0, 0.1) is 0 Å². The molecule has 0 saturated carbocycles. The van der Waals surface area contributed by atoms with E-state index >= 15 is 0 Å². The van der Waals surface area contributed by atoms with E-state index in [-0.39, 0.29) is 5.56 Å². The number of rotatable bonds is 3. The second-order valence-electron chi connectivity index (χ2n) is 5.57. The Morgan fingerprint density at radius 2 is 1.96 bits per heavy atom. The van der Waals surface area contributed by atoms with Crippen LogP contribution in [0.5, 0.6) is 0 Å². The number of aromatic nitrogens is 6. The van der Waals surface area contributed by atoms with Gasteiger partial charge in [-0.15, -0.1) is 5.10 Å². The molecule has 0 unspecified atom stereocenters. The first kappa shape index (κ1) is 14.2. The normalized spacial score (nSPS) is 11.7. The van der Waals surface area contributed by atoms with Crippen molar-refractivity contribution in [3.05, 3.63) is 70.8 Å². The van der Waals surface area contributed by atoms with Gasteiger partial charge < -0.3 is 0 Å². The van der Waals surface area contributed by atoms with E-state index in [9.17, 15) is 4.79 Å². The minimum atomic E-state index is -0.0820. The third-order valence-electron chi connectivity index (χ3n) is 3.98. The first-order valence-electron chi connectivity index (χ1n) is 7.71. The molecule has 1 N–H and O–H groups in total. The average molecular weight is 348 g/mol. The van der Waals surface area contributed by atoms with E-state index in [1.807, 2.05) is 46.9 Å². The van der Waals surface area contributed by atoms with Crippen LogP contribution in [0.25, 0.3) is 22.5 Å². The van der Waals surface area contributed by atoms with Gasteiger partial charge in [0.25, 0.3) is 5.56 Å². The van der Waals surface area contributed by atoms with Crippen molar-refractivity contribution < 1.29 is 0 Å². The standard InChI is InChI=1S/C17H12N6OS/c24-15-9-11(18-14-7-3-4-8-22(14)15)10-25-17-21-20-16-19-12-5-1-2-6-13(12)23(16)17/h1-9H,10H2,(H,19,20). The van der Waals surface area contributed by atoms with Gasteiger partial charge in [0.2, 0.25) is 5.78 Å². The van der Waals surface area contributed by atoms with Crippen LogP contribution in [-0.2, 0) is 5.75 Å². The van der Waals surface area contributed by atoms with Gasteiger partial charge >= 0.3 is 0 Å². The molecule has 0 amide bonds. The Bertz CT molecular complexity index is 1280. The van der Waals surface area contributed by atoms with Crippen molar-refractivity contribution in [2.75, 3.05) is 0 Å². The monoisotopic (exact) mass is 348 g/mol. The summed E-state index contributed by atoms with van der Waals surface area (Å²) in [7, 11) is 0. The molecular formula is C17H12N6OS. The van der Waals surface area contributed by atoms with Gasteiger partial charge in [-0.05, 0) is 24.3 Å². The number of benzene rings is 1. The highest BCUT2D eigenvalue weighted by Crippen LogP contribution is 2.24. The second kappa shape index (κ2) is 5.45. The summed E-state index contributed by atoms with van der Waals surface area (Å²) in [4.78, 5) is 21.2. The summed E-state index contributed by atoms with van der Waals surface area (Å²) in [6.45, 7) is 0. The molecule has 0 bridgehead atoms. The maximum absolute atomic E-state index is 12.2. The number of thioether (sulfide) groups is 1. The van der Waals surface area contributed by atoms with Crippen LogP contribution in [0.2, 0.25) is 0 Å². The molecule has 122 valence electrons. The zero-order valence-corrected chi connectivity index (χ0v) is 13.8. The SMILES string of the molecule is O=c1cc(CSc2n[nH]c3nc4ccccc4n23)nc2ccccn12. The molecule has 0 aliphatic carbocycles. The number of para-hydroxylation sites is 2. The molecule has 1 aromatic carbocycles. The maximum atomic E-state index is 12.2. The largest absolute Gasteiger partial charge is 0.269 e. The first-order chi connectivity index (χ1) is 12.3. The number of hydrogen-bond donors (Lipinski definition) is 1. The Balaban J connectivity index is 1.52. The summed E-state index contributed by atoms with van der Waals surface area (Å²) in [5, 5.41) is 8.07. The summed E-state index contributed by atoms with van der Waals surface area (Å²) in [6, 6.07) is 15.0. The summed E-state index contributed by atoms with van der Waals surface area (Å²) in [5.74, 6) is 1.25. The van der Waals surface area contributed by atoms with Crippen molar-refractivity contribution in [3.63, 3.8) is 0 Å². The van der Waals surface area contributed by atoms with E-state index in [2.05, 4.69) is 20.2 Å². The molecule has 0 saturated heterocycles.